The zero-order valence-electron chi connectivity index (χ0n) is 9.88. The molecule has 1 aromatic rings. The van der Waals surface area contributed by atoms with Crippen molar-refractivity contribution in [2.75, 3.05) is 18.0 Å². The number of nitro groups is 1. The lowest BCUT2D eigenvalue weighted by atomic mass is 10.2. The van der Waals surface area contributed by atoms with Gasteiger partial charge in [0.2, 0.25) is 0 Å². The van der Waals surface area contributed by atoms with Gasteiger partial charge in [0.25, 0.3) is 5.69 Å². The molecule has 0 N–H and O–H groups in total. The SMILES string of the molecule is CCN(CCC#N)c1cc(C)c([N+](=O)[O-])cn1. The second-order valence-corrected chi connectivity index (χ2v) is 3.57. The molecule has 0 unspecified atom stereocenters. The van der Waals surface area contributed by atoms with Gasteiger partial charge in [-0.05, 0) is 19.9 Å². The lowest BCUT2D eigenvalue weighted by Crippen LogP contribution is -2.24. The summed E-state index contributed by atoms with van der Waals surface area (Å²) in [6, 6.07) is 3.75. The Morgan fingerprint density at radius 2 is 2.35 bits per heavy atom. The maximum Gasteiger partial charge on any atom is 0.290 e. The number of hydrogen-bond acceptors (Lipinski definition) is 5. The van der Waals surface area contributed by atoms with Crippen molar-refractivity contribution >= 4 is 11.5 Å². The Kier molecular flexibility index (Phi) is 4.40. The fourth-order valence-electron chi connectivity index (χ4n) is 1.52. The Balaban J connectivity index is 2.95. The molecule has 0 saturated heterocycles. The van der Waals surface area contributed by atoms with Crippen molar-refractivity contribution in [3.8, 4) is 6.07 Å². The number of rotatable bonds is 5. The maximum atomic E-state index is 10.7. The molecule has 0 aliphatic heterocycles. The molecule has 90 valence electrons. The molecule has 0 amide bonds. The standard InChI is InChI=1S/C11H14N4O2/c1-3-14(6-4-5-12)11-7-9(2)10(8-13-11)15(16)17/h7-8H,3-4,6H2,1-2H3. The Hall–Kier alpha value is -2.16. The van der Waals surface area contributed by atoms with Gasteiger partial charge in [-0.3, -0.25) is 10.1 Å². The smallest absolute Gasteiger partial charge is 0.290 e. The molecule has 17 heavy (non-hydrogen) atoms. The number of anilines is 1. The second-order valence-electron chi connectivity index (χ2n) is 3.57. The summed E-state index contributed by atoms with van der Waals surface area (Å²) in [5, 5.41) is 19.2. The fraction of sp³-hybridized carbons (Fsp3) is 0.455. The lowest BCUT2D eigenvalue weighted by Gasteiger charge is -2.20. The van der Waals surface area contributed by atoms with E-state index in [-0.39, 0.29) is 5.69 Å². The third-order valence-corrected chi connectivity index (χ3v) is 2.46. The minimum Gasteiger partial charge on any atom is -0.356 e. The van der Waals surface area contributed by atoms with Crippen LogP contribution in [0.3, 0.4) is 0 Å². The normalized spacial score (nSPS) is 9.71. The van der Waals surface area contributed by atoms with Crippen LogP contribution in [0.25, 0.3) is 0 Å². The first-order chi connectivity index (χ1) is 8.10. The van der Waals surface area contributed by atoms with Gasteiger partial charge in [-0.15, -0.1) is 0 Å². The molecular weight excluding hydrogens is 220 g/mol. The first kappa shape index (κ1) is 12.9. The van der Waals surface area contributed by atoms with Crippen molar-refractivity contribution in [3.05, 3.63) is 27.9 Å². The van der Waals surface area contributed by atoms with Crippen LogP contribution >= 0.6 is 0 Å². The van der Waals surface area contributed by atoms with Crippen molar-refractivity contribution in [3.63, 3.8) is 0 Å². The van der Waals surface area contributed by atoms with E-state index in [2.05, 4.69) is 11.1 Å². The van der Waals surface area contributed by atoms with Crippen LogP contribution in [0.2, 0.25) is 0 Å². The molecule has 0 radical (unpaired) electrons. The fourth-order valence-corrected chi connectivity index (χ4v) is 1.52. The van der Waals surface area contributed by atoms with Gasteiger partial charge in [-0.25, -0.2) is 4.98 Å². The zero-order valence-corrected chi connectivity index (χ0v) is 9.88. The monoisotopic (exact) mass is 234 g/mol. The molecule has 0 saturated carbocycles. The average molecular weight is 234 g/mol. The third-order valence-electron chi connectivity index (χ3n) is 2.46. The molecular formula is C11H14N4O2. The molecule has 0 fully saturated rings. The molecule has 6 nitrogen and oxygen atoms in total. The molecule has 0 atom stereocenters. The molecule has 0 aliphatic carbocycles. The van der Waals surface area contributed by atoms with Crippen molar-refractivity contribution in [1.29, 1.82) is 5.26 Å². The van der Waals surface area contributed by atoms with Gasteiger partial charge in [-0.1, -0.05) is 0 Å². The summed E-state index contributed by atoms with van der Waals surface area (Å²) >= 11 is 0. The first-order valence-electron chi connectivity index (χ1n) is 5.33. The summed E-state index contributed by atoms with van der Waals surface area (Å²) in [5.41, 5.74) is 0.598. The predicted molar refractivity (Wildman–Crippen MR) is 63.7 cm³/mol. The summed E-state index contributed by atoms with van der Waals surface area (Å²) in [7, 11) is 0. The third kappa shape index (κ3) is 3.14. The highest BCUT2D eigenvalue weighted by molar-refractivity contribution is 5.48. The molecule has 0 aliphatic rings. The van der Waals surface area contributed by atoms with E-state index >= 15 is 0 Å². The minimum atomic E-state index is -0.447. The van der Waals surface area contributed by atoms with E-state index < -0.39 is 4.92 Å². The molecule has 0 aromatic carbocycles. The van der Waals surface area contributed by atoms with Gasteiger partial charge >= 0.3 is 0 Å². The van der Waals surface area contributed by atoms with Crippen LogP contribution in [0.1, 0.15) is 18.9 Å². The van der Waals surface area contributed by atoms with Gasteiger partial charge < -0.3 is 4.90 Å². The Morgan fingerprint density at radius 3 is 2.82 bits per heavy atom. The summed E-state index contributed by atoms with van der Waals surface area (Å²) < 4.78 is 0. The Labute approximate surface area is 99.6 Å². The molecule has 0 bridgehead atoms. The highest BCUT2D eigenvalue weighted by atomic mass is 16.6. The molecule has 0 spiro atoms. The van der Waals surface area contributed by atoms with Crippen LogP contribution in [0.15, 0.2) is 12.3 Å². The molecule has 1 rings (SSSR count). The van der Waals surface area contributed by atoms with Crippen molar-refractivity contribution in [2.45, 2.75) is 20.3 Å². The Morgan fingerprint density at radius 1 is 1.65 bits per heavy atom. The lowest BCUT2D eigenvalue weighted by molar-refractivity contribution is -0.385. The quantitative estimate of drug-likeness (QED) is 0.575. The maximum absolute atomic E-state index is 10.7. The van der Waals surface area contributed by atoms with E-state index in [1.165, 1.54) is 6.20 Å². The van der Waals surface area contributed by atoms with Crippen LogP contribution in [0.4, 0.5) is 11.5 Å². The van der Waals surface area contributed by atoms with Crippen molar-refractivity contribution in [1.82, 2.24) is 4.98 Å². The number of hydrogen-bond donors (Lipinski definition) is 0. The predicted octanol–water partition coefficient (Wildman–Crippen LogP) is 2.04. The van der Waals surface area contributed by atoms with Gasteiger partial charge in [0.1, 0.15) is 12.0 Å². The number of pyridine rings is 1. The summed E-state index contributed by atoms with van der Waals surface area (Å²) in [6.45, 7) is 4.93. The van der Waals surface area contributed by atoms with Crippen LogP contribution in [0.5, 0.6) is 0 Å². The minimum absolute atomic E-state index is 0.0186. The first-order valence-corrected chi connectivity index (χ1v) is 5.33. The van der Waals surface area contributed by atoms with Crippen LogP contribution in [0, 0.1) is 28.4 Å². The summed E-state index contributed by atoms with van der Waals surface area (Å²) in [5.74, 6) is 0.672. The van der Waals surface area contributed by atoms with Gasteiger partial charge in [0.15, 0.2) is 0 Å². The highest BCUT2D eigenvalue weighted by Crippen LogP contribution is 2.21. The second kappa shape index (κ2) is 5.80. The largest absolute Gasteiger partial charge is 0.356 e. The van der Waals surface area contributed by atoms with E-state index in [4.69, 9.17) is 5.26 Å². The van der Waals surface area contributed by atoms with Gasteiger partial charge in [0.05, 0.1) is 17.4 Å². The molecule has 1 heterocycles. The number of aromatic nitrogens is 1. The van der Waals surface area contributed by atoms with Crippen molar-refractivity contribution in [2.24, 2.45) is 0 Å². The van der Waals surface area contributed by atoms with E-state index in [0.29, 0.717) is 30.9 Å². The topological polar surface area (TPSA) is 83.1 Å². The van der Waals surface area contributed by atoms with Crippen LogP contribution < -0.4 is 4.90 Å². The zero-order chi connectivity index (χ0) is 12.8. The van der Waals surface area contributed by atoms with Crippen LogP contribution in [-0.4, -0.2) is 23.0 Å². The van der Waals surface area contributed by atoms with E-state index in [0.717, 1.165) is 0 Å². The van der Waals surface area contributed by atoms with Gasteiger partial charge in [0, 0.05) is 18.7 Å². The number of nitriles is 1. The van der Waals surface area contributed by atoms with E-state index in [9.17, 15) is 10.1 Å². The van der Waals surface area contributed by atoms with E-state index in [1.54, 1.807) is 13.0 Å². The summed E-state index contributed by atoms with van der Waals surface area (Å²) in [6.07, 6.45) is 1.67. The average Bonchev–Trinajstić information content (AvgIpc) is 2.29. The van der Waals surface area contributed by atoms with Crippen LogP contribution in [-0.2, 0) is 0 Å². The van der Waals surface area contributed by atoms with Gasteiger partial charge in [-0.2, -0.15) is 5.26 Å². The van der Waals surface area contributed by atoms with Crippen molar-refractivity contribution < 1.29 is 4.92 Å². The molecule has 1 aromatic heterocycles. The summed E-state index contributed by atoms with van der Waals surface area (Å²) in [4.78, 5) is 16.2. The van der Waals surface area contributed by atoms with E-state index in [1.807, 2.05) is 11.8 Å². The Bertz CT molecular complexity index is 453. The number of aryl methyl sites for hydroxylation is 1. The highest BCUT2D eigenvalue weighted by Gasteiger charge is 2.13. The number of nitrogens with zero attached hydrogens (tertiary/aromatic N) is 4. The molecule has 6 heteroatoms.